The van der Waals surface area contributed by atoms with Gasteiger partial charge in [-0.25, -0.2) is 22.6 Å². The molecule has 0 aliphatic carbocycles. The lowest BCUT2D eigenvalue weighted by atomic mass is 10.0. The summed E-state index contributed by atoms with van der Waals surface area (Å²) in [7, 11) is -2.52. The van der Waals surface area contributed by atoms with Crippen molar-refractivity contribution in [2.75, 3.05) is 7.11 Å². The minimum absolute atomic E-state index is 0.0324. The van der Waals surface area contributed by atoms with Gasteiger partial charge >= 0.3 is 5.97 Å². The van der Waals surface area contributed by atoms with Crippen LogP contribution in [-0.2, 0) is 34.3 Å². The Hall–Kier alpha value is -2.98. The molecule has 9 nitrogen and oxygen atoms in total. The third-order valence-electron chi connectivity index (χ3n) is 4.87. The Kier molecular flexibility index (Phi) is 5.20. The molecule has 1 aromatic carbocycles. The number of fused-ring (bicyclic) bond motifs is 1. The van der Waals surface area contributed by atoms with Crippen LogP contribution in [0.5, 0.6) is 0 Å². The third-order valence-corrected chi connectivity index (χ3v) is 6.23. The van der Waals surface area contributed by atoms with E-state index in [-0.39, 0.29) is 11.4 Å². The Morgan fingerprint density at radius 3 is 2.79 bits per heavy atom. The second-order valence-electron chi connectivity index (χ2n) is 6.72. The quantitative estimate of drug-likeness (QED) is 0.614. The summed E-state index contributed by atoms with van der Waals surface area (Å²) >= 11 is 0. The molecule has 0 saturated heterocycles. The number of methoxy groups -OCH3 is 1. The van der Waals surface area contributed by atoms with Crippen LogP contribution >= 0.6 is 0 Å². The molecule has 1 aliphatic rings. The van der Waals surface area contributed by atoms with E-state index in [2.05, 4.69) is 14.9 Å². The third kappa shape index (κ3) is 3.81. The van der Waals surface area contributed by atoms with E-state index in [1.54, 1.807) is 4.68 Å². The number of carbonyl (C=O) groups excluding carboxylic acids is 1. The fourth-order valence-electron chi connectivity index (χ4n) is 3.42. The summed E-state index contributed by atoms with van der Waals surface area (Å²) in [4.78, 5) is 12.3. The number of ether oxygens (including phenoxy) is 1. The van der Waals surface area contributed by atoms with E-state index >= 15 is 0 Å². The Bertz CT molecular complexity index is 1130. The van der Waals surface area contributed by atoms with E-state index in [0.29, 0.717) is 24.2 Å². The Labute approximate surface area is 168 Å². The maximum absolute atomic E-state index is 12.7. The maximum atomic E-state index is 12.7. The summed E-state index contributed by atoms with van der Waals surface area (Å²) < 4.78 is 36.1. The highest BCUT2D eigenvalue weighted by Crippen LogP contribution is 2.23. The van der Waals surface area contributed by atoms with Gasteiger partial charge in [-0.15, -0.1) is 0 Å². The van der Waals surface area contributed by atoms with Crippen molar-refractivity contribution in [1.82, 2.24) is 24.3 Å². The Morgan fingerprint density at radius 2 is 2.03 bits per heavy atom. The summed E-state index contributed by atoms with van der Waals surface area (Å²) in [6.07, 6.45) is 5.37. The van der Waals surface area contributed by atoms with Gasteiger partial charge in [0.15, 0.2) is 0 Å². The van der Waals surface area contributed by atoms with Gasteiger partial charge in [0.05, 0.1) is 43.1 Å². The monoisotopic (exact) mass is 415 g/mol. The predicted molar refractivity (Wildman–Crippen MR) is 104 cm³/mol. The van der Waals surface area contributed by atoms with Crippen molar-refractivity contribution in [2.45, 2.75) is 37.2 Å². The number of esters is 1. The number of hydrogen-bond donors (Lipinski definition) is 1. The molecule has 4 rings (SSSR count). The number of hydrogen-bond acceptors (Lipinski definition) is 6. The number of aryl methyl sites for hydroxylation is 1. The Balaban J connectivity index is 1.57. The van der Waals surface area contributed by atoms with Crippen LogP contribution < -0.4 is 4.72 Å². The summed E-state index contributed by atoms with van der Waals surface area (Å²) in [5, 5.41) is 8.56. The van der Waals surface area contributed by atoms with Gasteiger partial charge in [-0.1, -0.05) is 18.2 Å². The van der Waals surface area contributed by atoms with Crippen molar-refractivity contribution in [3.05, 3.63) is 59.7 Å². The van der Waals surface area contributed by atoms with Gasteiger partial charge in [-0.05, 0) is 31.4 Å². The molecule has 152 valence electrons. The lowest BCUT2D eigenvalue weighted by Crippen LogP contribution is -2.24. The van der Waals surface area contributed by atoms with Gasteiger partial charge in [0.25, 0.3) is 0 Å². The molecule has 0 unspecified atom stereocenters. The van der Waals surface area contributed by atoms with Gasteiger partial charge in [-0.2, -0.15) is 10.2 Å². The van der Waals surface area contributed by atoms with Crippen LogP contribution in [0.1, 0.15) is 34.6 Å². The average molecular weight is 415 g/mol. The highest BCUT2D eigenvalue weighted by Gasteiger charge is 2.27. The van der Waals surface area contributed by atoms with Gasteiger partial charge in [0.1, 0.15) is 10.5 Å². The fourth-order valence-corrected chi connectivity index (χ4v) is 4.34. The number of carbonyl (C=O) groups is 1. The van der Waals surface area contributed by atoms with Crippen molar-refractivity contribution >= 4 is 16.0 Å². The number of benzene rings is 1. The molecule has 0 spiro atoms. The minimum Gasteiger partial charge on any atom is -0.465 e. The second kappa shape index (κ2) is 7.80. The zero-order chi connectivity index (χ0) is 20.4. The fraction of sp³-hybridized carbons (Fsp3) is 0.316. The lowest BCUT2D eigenvalue weighted by molar-refractivity contribution is 0.0597. The standard InChI is InChI=1S/C19H21N5O4S/c1-28-19(25)18-16(22-23-10-6-5-9-17(18)23)12-21-29(26,27)15-11-20-24(13-15)14-7-3-2-4-8-14/h2-4,7-8,11,13,21H,5-6,9-10,12H2,1H3. The van der Waals surface area contributed by atoms with Gasteiger partial charge < -0.3 is 4.74 Å². The topological polar surface area (TPSA) is 108 Å². The first-order chi connectivity index (χ1) is 14.0. The predicted octanol–water partition coefficient (Wildman–Crippen LogP) is 1.67. The van der Waals surface area contributed by atoms with Gasteiger partial charge in [-0.3, -0.25) is 4.68 Å². The second-order valence-corrected chi connectivity index (χ2v) is 8.49. The first-order valence-corrected chi connectivity index (χ1v) is 10.7. The molecule has 10 heteroatoms. The number of aromatic nitrogens is 4. The van der Waals surface area contributed by atoms with Crippen molar-refractivity contribution in [1.29, 1.82) is 0 Å². The minimum atomic E-state index is -3.83. The van der Waals surface area contributed by atoms with E-state index in [0.717, 1.165) is 24.2 Å². The van der Waals surface area contributed by atoms with Crippen molar-refractivity contribution in [2.24, 2.45) is 0 Å². The van der Waals surface area contributed by atoms with Crippen LogP contribution in [0.3, 0.4) is 0 Å². The van der Waals surface area contributed by atoms with E-state index in [9.17, 15) is 13.2 Å². The molecule has 3 aromatic rings. The normalized spacial score (nSPS) is 13.8. The molecule has 2 aromatic heterocycles. The van der Waals surface area contributed by atoms with E-state index in [4.69, 9.17) is 4.74 Å². The molecule has 0 bridgehead atoms. The lowest BCUT2D eigenvalue weighted by Gasteiger charge is -2.13. The molecular formula is C19H21N5O4S. The SMILES string of the molecule is COC(=O)c1c(CNS(=O)(=O)c2cnn(-c3ccccc3)c2)nn2c1CCCC2. The van der Waals surface area contributed by atoms with Gasteiger partial charge in [0.2, 0.25) is 10.0 Å². The van der Waals surface area contributed by atoms with Crippen LogP contribution in [0.25, 0.3) is 5.69 Å². The van der Waals surface area contributed by atoms with Gasteiger partial charge in [0, 0.05) is 6.54 Å². The molecule has 0 fully saturated rings. The smallest absolute Gasteiger partial charge is 0.341 e. The molecule has 0 atom stereocenters. The first kappa shape index (κ1) is 19.3. The van der Waals surface area contributed by atoms with Crippen LogP contribution in [0.2, 0.25) is 0 Å². The van der Waals surface area contributed by atoms with Crippen LogP contribution in [-0.4, -0.2) is 41.1 Å². The average Bonchev–Trinajstić information content (AvgIpc) is 3.38. The summed E-state index contributed by atoms with van der Waals surface area (Å²) in [6.45, 7) is 0.596. The Morgan fingerprint density at radius 1 is 1.24 bits per heavy atom. The van der Waals surface area contributed by atoms with Crippen LogP contribution in [0.4, 0.5) is 0 Å². The van der Waals surface area contributed by atoms with Crippen molar-refractivity contribution in [3.63, 3.8) is 0 Å². The number of nitrogens with zero attached hydrogens (tertiary/aromatic N) is 4. The highest BCUT2D eigenvalue weighted by molar-refractivity contribution is 7.89. The summed E-state index contributed by atoms with van der Waals surface area (Å²) in [6, 6.07) is 9.22. The number of para-hydroxylation sites is 1. The molecular weight excluding hydrogens is 394 g/mol. The maximum Gasteiger partial charge on any atom is 0.341 e. The van der Waals surface area contributed by atoms with Crippen LogP contribution in [0.15, 0.2) is 47.6 Å². The van der Waals surface area contributed by atoms with Crippen molar-refractivity contribution in [3.8, 4) is 5.69 Å². The molecule has 0 radical (unpaired) electrons. The molecule has 29 heavy (non-hydrogen) atoms. The highest BCUT2D eigenvalue weighted by atomic mass is 32.2. The zero-order valence-electron chi connectivity index (χ0n) is 15.9. The van der Waals surface area contributed by atoms with Crippen molar-refractivity contribution < 1.29 is 17.9 Å². The summed E-state index contributed by atoms with van der Waals surface area (Å²) in [5.74, 6) is -0.501. The molecule has 1 aliphatic heterocycles. The van der Waals surface area contributed by atoms with E-state index < -0.39 is 16.0 Å². The van der Waals surface area contributed by atoms with Crippen LogP contribution in [0, 0.1) is 0 Å². The largest absolute Gasteiger partial charge is 0.465 e. The first-order valence-electron chi connectivity index (χ1n) is 9.26. The number of rotatable bonds is 6. The van der Waals surface area contributed by atoms with E-state index in [1.807, 2.05) is 30.3 Å². The number of sulfonamides is 1. The van der Waals surface area contributed by atoms with E-state index in [1.165, 1.54) is 24.2 Å². The molecule has 3 heterocycles. The summed E-state index contributed by atoms with van der Waals surface area (Å²) in [5.41, 5.74) is 2.28. The molecule has 1 N–H and O–H groups in total. The zero-order valence-corrected chi connectivity index (χ0v) is 16.7. The number of nitrogens with one attached hydrogen (secondary N) is 1. The molecule has 0 amide bonds. The molecule has 0 saturated carbocycles.